The maximum absolute atomic E-state index is 12.4. The van der Waals surface area contributed by atoms with Crippen LogP contribution in [0, 0.1) is 5.92 Å². The van der Waals surface area contributed by atoms with E-state index in [2.05, 4.69) is 5.32 Å². The van der Waals surface area contributed by atoms with Crippen LogP contribution in [0.4, 0.5) is 4.79 Å². The van der Waals surface area contributed by atoms with Gasteiger partial charge in [-0.05, 0) is 46.5 Å². The van der Waals surface area contributed by atoms with Crippen molar-refractivity contribution in [3.05, 3.63) is 0 Å². The van der Waals surface area contributed by atoms with E-state index in [1.165, 1.54) is 0 Å². The van der Waals surface area contributed by atoms with Gasteiger partial charge in [-0.1, -0.05) is 0 Å². The van der Waals surface area contributed by atoms with Crippen molar-refractivity contribution in [3.8, 4) is 0 Å². The van der Waals surface area contributed by atoms with Gasteiger partial charge in [0.15, 0.2) is 0 Å². The zero-order valence-electron chi connectivity index (χ0n) is 13.9. The molecule has 0 radical (unpaired) electrons. The number of nitrogens with one attached hydrogen (secondary N) is 1. The summed E-state index contributed by atoms with van der Waals surface area (Å²) in [5, 5.41) is 2.90. The lowest BCUT2D eigenvalue weighted by molar-refractivity contribution is -0.139. The predicted octanol–water partition coefficient (Wildman–Crippen LogP) is 1.93. The SMILES string of the molecule is CC(C)(C)OC(=O)NC1CCN(C(=O)C2CCOCC2)CC1. The van der Waals surface area contributed by atoms with Crippen molar-refractivity contribution in [2.24, 2.45) is 5.92 Å². The van der Waals surface area contributed by atoms with Crippen LogP contribution < -0.4 is 5.32 Å². The summed E-state index contributed by atoms with van der Waals surface area (Å²) in [7, 11) is 0. The number of rotatable bonds is 2. The zero-order valence-corrected chi connectivity index (χ0v) is 13.9. The molecular weight excluding hydrogens is 284 g/mol. The van der Waals surface area contributed by atoms with Crippen LogP contribution in [0.2, 0.25) is 0 Å². The second-order valence-corrected chi connectivity index (χ2v) is 7.13. The van der Waals surface area contributed by atoms with Gasteiger partial charge in [-0.2, -0.15) is 0 Å². The van der Waals surface area contributed by atoms with Crippen LogP contribution >= 0.6 is 0 Å². The van der Waals surface area contributed by atoms with Gasteiger partial charge in [-0.15, -0.1) is 0 Å². The minimum atomic E-state index is -0.482. The summed E-state index contributed by atoms with van der Waals surface area (Å²) in [5.74, 6) is 0.364. The van der Waals surface area contributed by atoms with Gasteiger partial charge in [0.2, 0.25) is 5.91 Å². The summed E-state index contributed by atoms with van der Waals surface area (Å²) in [6.07, 6.45) is 2.85. The lowest BCUT2D eigenvalue weighted by atomic mass is 9.96. The van der Waals surface area contributed by atoms with Gasteiger partial charge in [0.25, 0.3) is 0 Å². The molecule has 0 aliphatic carbocycles. The monoisotopic (exact) mass is 312 g/mol. The molecule has 2 fully saturated rings. The fourth-order valence-corrected chi connectivity index (χ4v) is 2.92. The highest BCUT2D eigenvalue weighted by molar-refractivity contribution is 5.79. The Morgan fingerprint density at radius 2 is 1.68 bits per heavy atom. The number of hydrogen-bond donors (Lipinski definition) is 1. The summed E-state index contributed by atoms with van der Waals surface area (Å²) >= 11 is 0. The second kappa shape index (κ2) is 7.31. The van der Waals surface area contributed by atoms with Crippen molar-refractivity contribution >= 4 is 12.0 Å². The third-order valence-corrected chi connectivity index (χ3v) is 4.10. The Kier molecular flexibility index (Phi) is 5.67. The first kappa shape index (κ1) is 17.1. The van der Waals surface area contributed by atoms with Gasteiger partial charge >= 0.3 is 6.09 Å². The molecule has 0 unspecified atom stereocenters. The maximum atomic E-state index is 12.4. The van der Waals surface area contributed by atoms with Gasteiger partial charge in [0.1, 0.15) is 5.60 Å². The van der Waals surface area contributed by atoms with E-state index in [1.807, 2.05) is 25.7 Å². The molecule has 0 spiro atoms. The van der Waals surface area contributed by atoms with E-state index >= 15 is 0 Å². The molecule has 1 N–H and O–H groups in total. The summed E-state index contributed by atoms with van der Waals surface area (Å²) in [4.78, 5) is 26.1. The minimum Gasteiger partial charge on any atom is -0.444 e. The molecule has 126 valence electrons. The molecule has 6 heteroatoms. The topological polar surface area (TPSA) is 67.9 Å². The summed E-state index contributed by atoms with van der Waals surface area (Å²) in [6.45, 7) is 8.33. The highest BCUT2D eigenvalue weighted by Crippen LogP contribution is 2.20. The smallest absolute Gasteiger partial charge is 0.407 e. The van der Waals surface area contributed by atoms with E-state index in [-0.39, 0.29) is 24.0 Å². The molecule has 22 heavy (non-hydrogen) atoms. The Balaban J connectivity index is 1.73. The first-order valence-electron chi connectivity index (χ1n) is 8.21. The van der Waals surface area contributed by atoms with Crippen molar-refractivity contribution in [1.82, 2.24) is 10.2 Å². The van der Waals surface area contributed by atoms with Crippen molar-refractivity contribution in [2.45, 2.75) is 58.1 Å². The highest BCUT2D eigenvalue weighted by atomic mass is 16.6. The van der Waals surface area contributed by atoms with E-state index in [4.69, 9.17) is 9.47 Å². The molecule has 0 bridgehead atoms. The predicted molar refractivity (Wildman–Crippen MR) is 82.5 cm³/mol. The Morgan fingerprint density at radius 3 is 2.23 bits per heavy atom. The molecule has 0 aromatic heterocycles. The van der Waals surface area contributed by atoms with Crippen LogP contribution in [-0.4, -0.2) is 54.8 Å². The van der Waals surface area contributed by atoms with Crippen molar-refractivity contribution in [2.75, 3.05) is 26.3 Å². The quantitative estimate of drug-likeness (QED) is 0.846. The van der Waals surface area contributed by atoms with Gasteiger partial charge in [0, 0.05) is 38.3 Å². The molecule has 0 atom stereocenters. The third-order valence-electron chi connectivity index (χ3n) is 4.10. The Labute approximate surface area is 132 Å². The Hall–Kier alpha value is -1.30. The Morgan fingerprint density at radius 1 is 1.09 bits per heavy atom. The largest absolute Gasteiger partial charge is 0.444 e. The molecule has 0 aromatic carbocycles. The van der Waals surface area contributed by atoms with E-state index in [0.29, 0.717) is 26.3 Å². The molecule has 2 aliphatic rings. The van der Waals surface area contributed by atoms with Crippen molar-refractivity contribution in [3.63, 3.8) is 0 Å². The van der Waals surface area contributed by atoms with E-state index in [0.717, 1.165) is 25.7 Å². The number of carbonyl (C=O) groups is 2. The number of ether oxygens (including phenoxy) is 2. The average molecular weight is 312 g/mol. The number of nitrogens with zero attached hydrogens (tertiary/aromatic N) is 1. The van der Waals surface area contributed by atoms with E-state index in [9.17, 15) is 9.59 Å². The lowest BCUT2D eigenvalue weighted by Crippen LogP contribution is -2.49. The molecule has 0 aromatic rings. The van der Waals surface area contributed by atoms with Crippen LogP contribution in [-0.2, 0) is 14.3 Å². The summed E-state index contributed by atoms with van der Waals surface area (Å²) in [5.41, 5.74) is -0.482. The van der Waals surface area contributed by atoms with Crippen LogP contribution in [0.3, 0.4) is 0 Å². The van der Waals surface area contributed by atoms with Crippen LogP contribution in [0.25, 0.3) is 0 Å². The molecule has 2 aliphatic heterocycles. The lowest BCUT2D eigenvalue weighted by Gasteiger charge is -2.35. The Bertz CT molecular complexity index is 391. The fourth-order valence-electron chi connectivity index (χ4n) is 2.92. The molecule has 6 nitrogen and oxygen atoms in total. The molecule has 0 saturated carbocycles. The van der Waals surface area contributed by atoms with Crippen molar-refractivity contribution < 1.29 is 19.1 Å². The molecule has 2 amide bonds. The fraction of sp³-hybridized carbons (Fsp3) is 0.875. The minimum absolute atomic E-state index is 0.0913. The van der Waals surface area contributed by atoms with E-state index < -0.39 is 5.60 Å². The summed E-state index contributed by atoms with van der Waals surface area (Å²) < 4.78 is 10.6. The number of hydrogen-bond acceptors (Lipinski definition) is 4. The molecule has 2 rings (SSSR count). The number of piperidine rings is 1. The maximum Gasteiger partial charge on any atom is 0.407 e. The van der Waals surface area contributed by atoms with Gasteiger partial charge in [-0.3, -0.25) is 4.79 Å². The van der Waals surface area contributed by atoms with Crippen LogP contribution in [0.15, 0.2) is 0 Å². The molecule has 2 heterocycles. The number of amides is 2. The molecule has 2 saturated heterocycles. The van der Waals surface area contributed by atoms with Crippen LogP contribution in [0.5, 0.6) is 0 Å². The zero-order chi connectivity index (χ0) is 16.2. The third kappa shape index (κ3) is 5.16. The summed E-state index contributed by atoms with van der Waals surface area (Å²) in [6, 6.07) is 0.0913. The van der Waals surface area contributed by atoms with E-state index in [1.54, 1.807) is 0 Å². The van der Waals surface area contributed by atoms with Gasteiger partial charge < -0.3 is 19.7 Å². The highest BCUT2D eigenvalue weighted by Gasteiger charge is 2.30. The van der Waals surface area contributed by atoms with Gasteiger partial charge in [0.05, 0.1) is 0 Å². The second-order valence-electron chi connectivity index (χ2n) is 7.13. The average Bonchev–Trinajstić information content (AvgIpc) is 2.46. The number of alkyl carbamates (subject to hydrolysis) is 1. The van der Waals surface area contributed by atoms with Crippen molar-refractivity contribution in [1.29, 1.82) is 0 Å². The molecular formula is C16H28N2O4. The first-order valence-corrected chi connectivity index (χ1v) is 8.21. The van der Waals surface area contributed by atoms with Crippen LogP contribution in [0.1, 0.15) is 46.5 Å². The van der Waals surface area contributed by atoms with Gasteiger partial charge in [-0.25, -0.2) is 4.79 Å². The number of likely N-dealkylation sites (tertiary alicyclic amines) is 1. The standard InChI is InChI=1S/C16H28N2O4/c1-16(2,3)22-15(20)17-13-4-8-18(9-5-13)14(19)12-6-10-21-11-7-12/h12-13H,4-11H2,1-3H3,(H,17,20). The first-order chi connectivity index (χ1) is 10.3. The number of carbonyl (C=O) groups excluding carboxylic acids is 2. The normalized spacial score (nSPS) is 21.5.